The van der Waals surface area contributed by atoms with Crippen LogP contribution in [0.1, 0.15) is 58.0 Å². The molecule has 2 aromatic carbocycles. The highest BCUT2D eigenvalue weighted by atomic mass is 16.5. The number of nitrogens with zero attached hydrogens (tertiary/aromatic N) is 1. The number of nitrogens with one attached hydrogen (secondary N) is 1. The van der Waals surface area contributed by atoms with Gasteiger partial charge >= 0.3 is 5.97 Å². The molecule has 1 saturated heterocycles. The largest absolute Gasteiger partial charge is 0.453 e. The van der Waals surface area contributed by atoms with E-state index in [1.807, 2.05) is 12.1 Å². The van der Waals surface area contributed by atoms with Crippen molar-refractivity contribution >= 4 is 29.3 Å². The van der Waals surface area contributed by atoms with Crippen LogP contribution in [0.25, 0.3) is 0 Å². The van der Waals surface area contributed by atoms with Crippen LogP contribution in [0.15, 0.2) is 42.5 Å². The molecule has 0 saturated carbocycles. The summed E-state index contributed by atoms with van der Waals surface area (Å²) in [5.41, 5.74) is 4.11. The molecule has 32 heavy (non-hydrogen) atoms. The van der Waals surface area contributed by atoms with Gasteiger partial charge in [-0.05, 0) is 74.1 Å². The molecule has 1 N–H and O–H groups in total. The van der Waals surface area contributed by atoms with Crippen LogP contribution in [0.5, 0.6) is 0 Å². The van der Waals surface area contributed by atoms with E-state index in [9.17, 15) is 19.2 Å². The van der Waals surface area contributed by atoms with Crippen molar-refractivity contribution in [3.63, 3.8) is 0 Å². The Labute approximate surface area is 186 Å². The third kappa shape index (κ3) is 4.72. The first-order valence-electron chi connectivity index (χ1n) is 11.0. The monoisotopic (exact) mass is 434 g/mol. The summed E-state index contributed by atoms with van der Waals surface area (Å²) in [5, 5.41) is 2.51. The number of ketones is 1. The van der Waals surface area contributed by atoms with E-state index >= 15 is 0 Å². The highest BCUT2D eigenvalue weighted by molar-refractivity contribution is 6.01. The van der Waals surface area contributed by atoms with Gasteiger partial charge in [0, 0.05) is 29.8 Å². The van der Waals surface area contributed by atoms with E-state index in [4.69, 9.17) is 4.74 Å². The molecular formula is C25H26N2O5. The molecule has 0 spiro atoms. The van der Waals surface area contributed by atoms with Crippen LogP contribution in [-0.4, -0.2) is 42.8 Å². The van der Waals surface area contributed by atoms with Crippen molar-refractivity contribution in [3.05, 3.63) is 64.7 Å². The molecule has 2 amide bonds. The number of carbonyl (C=O) groups is 4. The van der Waals surface area contributed by atoms with Gasteiger partial charge in [0.15, 0.2) is 6.10 Å². The number of rotatable bonds is 7. The topological polar surface area (TPSA) is 92.8 Å². The van der Waals surface area contributed by atoms with Crippen molar-refractivity contribution in [1.82, 2.24) is 5.32 Å². The minimum Gasteiger partial charge on any atom is -0.453 e. The Bertz CT molecular complexity index is 1060. The molecule has 1 atom stereocenters. The molecule has 2 aliphatic rings. The minimum absolute atomic E-state index is 0.0773. The van der Waals surface area contributed by atoms with E-state index in [0.29, 0.717) is 24.1 Å². The number of amides is 2. The fourth-order valence-corrected chi connectivity index (χ4v) is 4.22. The number of hydrogen-bond acceptors (Lipinski definition) is 5. The summed E-state index contributed by atoms with van der Waals surface area (Å²) in [6, 6.07) is 12.3. The van der Waals surface area contributed by atoms with E-state index < -0.39 is 18.0 Å². The molecule has 166 valence electrons. The summed E-state index contributed by atoms with van der Waals surface area (Å²) < 4.78 is 5.22. The Morgan fingerprint density at radius 3 is 2.41 bits per heavy atom. The highest BCUT2D eigenvalue weighted by Gasteiger charge is 2.23. The normalized spacial score (nSPS) is 15.9. The molecule has 1 aliphatic heterocycles. The average Bonchev–Trinajstić information content (AvgIpc) is 3.45. The van der Waals surface area contributed by atoms with Crippen LogP contribution in [0.4, 0.5) is 5.69 Å². The van der Waals surface area contributed by atoms with Crippen molar-refractivity contribution in [3.8, 4) is 0 Å². The molecule has 1 fully saturated rings. The van der Waals surface area contributed by atoms with Gasteiger partial charge < -0.3 is 15.0 Å². The Balaban J connectivity index is 1.27. The van der Waals surface area contributed by atoms with Crippen LogP contribution < -0.4 is 10.2 Å². The number of hydrogen-bond donors (Lipinski definition) is 1. The van der Waals surface area contributed by atoms with Crippen LogP contribution in [0, 0.1) is 0 Å². The molecule has 0 bridgehead atoms. The van der Waals surface area contributed by atoms with Crippen molar-refractivity contribution < 1.29 is 23.9 Å². The minimum atomic E-state index is -0.934. The number of aryl methyl sites for hydroxylation is 2. The summed E-state index contributed by atoms with van der Waals surface area (Å²) in [5.74, 6) is -1.29. The second kappa shape index (κ2) is 9.34. The molecule has 0 aromatic heterocycles. The third-order valence-corrected chi connectivity index (χ3v) is 5.97. The lowest BCUT2D eigenvalue weighted by atomic mass is 10.0. The zero-order valence-electron chi connectivity index (χ0n) is 18.1. The number of esters is 1. The lowest BCUT2D eigenvalue weighted by Gasteiger charge is -2.16. The zero-order valence-corrected chi connectivity index (χ0v) is 18.1. The van der Waals surface area contributed by atoms with Crippen LogP contribution >= 0.6 is 0 Å². The van der Waals surface area contributed by atoms with Gasteiger partial charge in [0.05, 0.1) is 0 Å². The molecule has 7 nitrogen and oxygen atoms in total. The van der Waals surface area contributed by atoms with Gasteiger partial charge in [-0.3, -0.25) is 19.2 Å². The van der Waals surface area contributed by atoms with Crippen LogP contribution in [0.3, 0.4) is 0 Å². The van der Waals surface area contributed by atoms with E-state index in [1.165, 1.54) is 18.1 Å². The summed E-state index contributed by atoms with van der Waals surface area (Å²) in [6.45, 7) is 1.87. The summed E-state index contributed by atoms with van der Waals surface area (Å²) in [4.78, 5) is 50.6. The molecule has 7 heteroatoms. The zero-order chi connectivity index (χ0) is 22.7. The number of carbonyl (C=O) groups excluding carboxylic acids is 4. The summed E-state index contributed by atoms with van der Waals surface area (Å²) in [6.07, 6.45) is 3.53. The maximum atomic E-state index is 12.6. The standard InChI is InChI=1S/C25H26N2O5/c1-16(24(30)20-8-7-17-4-2-5-19(17)14-20)32-23(29)15-26-25(31)18-9-11-21(12-10-18)27-13-3-6-22(27)28/h7-12,14,16H,2-6,13,15H2,1H3,(H,26,31). The van der Waals surface area contributed by atoms with Crippen molar-refractivity contribution in [2.24, 2.45) is 0 Å². The van der Waals surface area contributed by atoms with E-state index in [0.717, 1.165) is 31.4 Å². The lowest BCUT2D eigenvalue weighted by molar-refractivity contribution is -0.145. The van der Waals surface area contributed by atoms with Gasteiger partial charge in [-0.1, -0.05) is 12.1 Å². The second-order valence-corrected chi connectivity index (χ2v) is 8.21. The summed E-state index contributed by atoms with van der Waals surface area (Å²) in [7, 11) is 0. The number of fused-ring (bicyclic) bond motifs is 1. The van der Waals surface area contributed by atoms with Gasteiger partial charge in [0.1, 0.15) is 6.54 Å². The quantitative estimate of drug-likeness (QED) is 0.534. The number of benzene rings is 2. The predicted molar refractivity (Wildman–Crippen MR) is 119 cm³/mol. The molecule has 0 radical (unpaired) electrons. The predicted octanol–water partition coefficient (Wildman–Crippen LogP) is 2.85. The van der Waals surface area contributed by atoms with Gasteiger partial charge in [0.25, 0.3) is 5.91 Å². The van der Waals surface area contributed by atoms with Crippen molar-refractivity contribution in [2.45, 2.75) is 45.1 Å². The first-order chi connectivity index (χ1) is 15.4. The number of anilines is 1. The summed E-state index contributed by atoms with van der Waals surface area (Å²) >= 11 is 0. The first-order valence-corrected chi connectivity index (χ1v) is 11.0. The SMILES string of the molecule is CC(OC(=O)CNC(=O)c1ccc(N2CCCC2=O)cc1)C(=O)c1ccc2c(c1)CCC2. The van der Waals surface area contributed by atoms with E-state index in [1.54, 1.807) is 35.2 Å². The second-order valence-electron chi connectivity index (χ2n) is 8.21. The molecule has 1 heterocycles. The number of Topliss-reactive ketones (excluding diaryl/α,β-unsaturated/α-hetero) is 1. The van der Waals surface area contributed by atoms with Crippen molar-refractivity contribution in [1.29, 1.82) is 0 Å². The van der Waals surface area contributed by atoms with Crippen LogP contribution in [0.2, 0.25) is 0 Å². The maximum Gasteiger partial charge on any atom is 0.326 e. The smallest absolute Gasteiger partial charge is 0.326 e. The molecule has 2 aromatic rings. The Kier molecular flexibility index (Phi) is 6.35. The van der Waals surface area contributed by atoms with Crippen LogP contribution in [-0.2, 0) is 27.2 Å². The molecule has 4 rings (SSSR count). The highest BCUT2D eigenvalue weighted by Crippen LogP contribution is 2.24. The Morgan fingerprint density at radius 1 is 0.969 bits per heavy atom. The van der Waals surface area contributed by atoms with Gasteiger partial charge in [-0.15, -0.1) is 0 Å². The number of ether oxygens (including phenoxy) is 1. The molecule has 1 unspecified atom stereocenters. The lowest BCUT2D eigenvalue weighted by Crippen LogP contribution is -2.34. The van der Waals surface area contributed by atoms with Gasteiger partial charge in [-0.2, -0.15) is 0 Å². The fraction of sp³-hybridized carbons (Fsp3) is 0.360. The first kappa shape index (κ1) is 21.7. The van der Waals surface area contributed by atoms with E-state index in [2.05, 4.69) is 5.32 Å². The molecule has 1 aliphatic carbocycles. The van der Waals surface area contributed by atoms with E-state index in [-0.39, 0.29) is 18.2 Å². The third-order valence-electron chi connectivity index (χ3n) is 5.97. The fourth-order valence-electron chi connectivity index (χ4n) is 4.22. The Hall–Kier alpha value is -3.48. The Morgan fingerprint density at radius 2 is 1.69 bits per heavy atom. The van der Waals surface area contributed by atoms with Crippen molar-refractivity contribution in [2.75, 3.05) is 18.0 Å². The van der Waals surface area contributed by atoms with Gasteiger partial charge in [-0.25, -0.2) is 0 Å². The molecular weight excluding hydrogens is 408 g/mol. The average molecular weight is 434 g/mol. The maximum absolute atomic E-state index is 12.6. The van der Waals surface area contributed by atoms with Gasteiger partial charge in [0.2, 0.25) is 11.7 Å².